The summed E-state index contributed by atoms with van der Waals surface area (Å²) in [7, 11) is 0. The molecule has 15 aromatic rings. The van der Waals surface area contributed by atoms with E-state index < -0.39 is 23.6 Å². The normalized spacial score (nSPS) is 12.9. The van der Waals surface area contributed by atoms with Crippen LogP contribution >= 0.6 is 0 Å². The number of aromatic nitrogens is 4. The number of benzene rings is 11. The molecule has 0 bridgehead atoms. The molecular weight excluding hydrogens is 1320 g/mol. The molecule has 11 aromatic carbocycles. The first-order valence-corrected chi connectivity index (χ1v) is 35.7. The van der Waals surface area contributed by atoms with Crippen molar-refractivity contribution in [3.8, 4) is 90.5 Å². The third-order valence-electron chi connectivity index (χ3n) is 20.3. The van der Waals surface area contributed by atoms with Gasteiger partial charge in [0.15, 0.2) is 0 Å². The molecule has 0 saturated carbocycles. The highest BCUT2D eigenvalue weighted by atomic mass is 16.5. The highest BCUT2D eigenvalue weighted by Crippen LogP contribution is 2.60. The predicted molar refractivity (Wildman–Crippen MR) is 418 cm³/mol. The maximum atomic E-state index is 16.9. The molecule has 14 nitrogen and oxygen atoms in total. The number of amides is 4. The summed E-state index contributed by atoms with van der Waals surface area (Å²) in [6.07, 6.45) is 13.9. The van der Waals surface area contributed by atoms with Crippen molar-refractivity contribution in [2.75, 3.05) is 9.80 Å². The van der Waals surface area contributed by atoms with Crippen LogP contribution in [0.25, 0.3) is 87.6 Å². The number of imide groups is 2. The van der Waals surface area contributed by atoms with Gasteiger partial charge in [-0.25, -0.2) is 9.80 Å². The number of para-hydroxylation sites is 6. The molecule has 516 valence electrons. The molecule has 106 heavy (non-hydrogen) atoms. The minimum absolute atomic E-state index is 0.133. The van der Waals surface area contributed by atoms with Crippen LogP contribution in [0.5, 0.6) is 46.0 Å². The quantitative estimate of drug-likeness (QED) is 0.0454. The molecule has 0 spiro atoms. The molecule has 6 heterocycles. The van der Waals surface area contributed by atoms with Crippen molar-refractivity contribution in [2.45, 2.75) is 79.1 Å². The molecule has 4 aromatic heterocycles. The number of rotatable bonds is 18. The minimum atomic E-state index is -0.593. The summed E-state index contributed by atoms with van der Waals surface area (Å²) in [4.78, 5) is 88.5. The van der Waals surface area contributed by atoms with Gasteiger partial charge in [-0.2, -0.15) is 0 Å². The van der Waals surface area contributed by atoms with Crippen LogP contribution < -0.4 is 28.7 Å². The Bertz CT molecular complexity index is 5360. The number of carbonyl (C=O) groups is 4. The first-order valence-electron chi connectivity index (χ1n) is 35.7. The van der Waals surface area contributed by atoms with Gasteiger partial charge in [0.1, 0.15) is 46.0 Å². The summed E-state index contributed by atoms with van der Waals surface area (Å²) >= 11 is 0. The summed E-state index contributed by atoms with van der Waals surface area (Å²) in [6.45, 7) is 16.5. The lowest BCUT2D eigenvalue weighted by Gasteiger charge is -2.35. The van der Waals surface area contributed by atoms with Crippen molar-refractivity contribution in [1.82, 2.24) is 19.9 Å². The first-order chi connectivity index (χ1) is 51.6. The molecule has 0 N–H and O–H groups in total. The van der Waals surface area contributed by atoms with Gasteiger partial charge in [0, 0.05) is 137 Å². The van der Waals surface area contributed by atoms with Gasteiger partial charge in [0.25, 0.3) is 23.6 Å². The Hall–Kier alpha value is -13.2. The summed E-state index contributed by atoms with van der Waals surface area (Å²) in [5.74, 6) is -0.708. The van der Waals surface area contributed by atoms with E-state index in [1.54, 1.807) is 73.8 Å². The third-order valence-corrected chi connectivity index (χ3v) is 20.3. The molecular formula is C92H70N6O8. The Morgan fingerprint density at radius 1 is 0.245 bits per heavy atom. The lowest BCUT2D eigenvalue weighted by atomic mass is 9.80. The second-order valence-corrected chi connectivity index (χ2v) is 28.1. The molecule has 17 rings (SSSR count). The summed E-state index contributed by atoms with van der Waals surface area (Å²) in [5.41, 5.74) is 10.5. The summed E-state index contributed by atoms with van der Waals surface area (Å²) in [5, 5.41) is 2.69. The van der Waals surface area contributed by atoms with E-state index in [-0.39, 0.29) is 79.7 Å². The largest absolute Gasteiger partial charge is 0.456 e. The van der Waals surface area contributed by atoms with Crippen LogP contribution in [0.2, 0.25) is 0 Å². The average Bonchev–Trinajstić information content (AvgIpc) is 0.669. The Kier molecular flexibility index (Phi) is 16.6. The van der Waals surface area contributed by atoms with Crippen LogP contribution in [0.4, 0.5) is 11.4 Å². The van der Waals surface area contributed by atoms with E-state index in [9.17, 15) is 0 Å². The second-order valence-electron chi connectivity index (χ2n) is 28.1. The monoisotopic (exact) mass is 1390 g/mol. The zero-order valence-electron chi connectivity index (χ0n) is 59.5. The third kappa shape index (κ3) is 10.9. The van der Waals surface area contributed by atoms with Crippen molar-refractivity contribution < 1.29 is 38.1 Å². The van der Waals surface area contributed by atoms with E-state index in [1.807, 2.05) is 182 Å². The number of hydrogen-bond donors (Lipinski definition) is 0. The fraction of sp³-hybridized carbons (Fsp3) is 0.130. The fourth-order valence-corrected chi connectivity index (χ4v) is 15.5. The van der Waals surface area contributed by atoms with E-state index in [0.29, 0.717) is 88.9 Å². The highest BCUT2D eigenvalue weighted by Gasteiger charge is 2.45. The predicted octanol–water partition coefficient (Wildman–Crippen LogP) is 23.2. The molecule has 0 fully saturated rings. The number of hydrogen-bond acceptors (Lipinski definition) is 12. The molecule has 2 aliphatic heterocycles. The lowest BCUT2D eigenvalue weighted by Crippen LogP contribution is -2.42. The van der Waals surface area contributed by atoms with Gasteiger partial charge in [-0.1, -0.05) is 189 Å². The molecule has 0 aliphatic carbocycles. The van der Waals surface area contributed by atoms with Crippen molar-refractivity contribution in [1.29, 1.82) is 0 Å². The van der Waals surface area contributed by atoms with Crippen molar-refractivity contribution in [2.24, 2.45) is 0 Å². The van der Waals surface area contributed by atoms with E-state index in [0.717, 1.165) is 44.5 Å². The van der Waals surface area contributed by atoms with E-state index in [2.05, 4.69) is 75.3 Å². The van der Waals surface area contributed by atoms with E-state index in [4.69, 9.17) is 18.9 Å². The number of fused-ring (bicyclic) bond motifs is 2. The van der Waals surface area contributed by atoms with Crippen LogP contribution in [-0.4, -0.2) is 43.6 Å². The Labute approximate surface area is 612 Å². The fourth-order valence-electron chi connectivity index (χ4n) is 15.5. The van der Waals surface area contributed by atoms with Gasteiger partial charge in [0.05, 0.1) is 33.6 Å². The highest BCUT2D eigenvalue weighted by molar-refractivity contribution is 6.48. The number of nitrogens with zero attached hydrogens (tertiary/aromatic N) is 6. The SMILES string of the molecule is CC(C)c1cccc(C(C)C)c1N1C(=O)c2cc(Oc3ccccc3-c3cccnc3)c3c4c(Oc5ccccc5-c5cccnc5)cc5c6c(cc(Oc7ccccc7-c7cccnc7)c(c7c(Oc8ccccc8-c8cccnc8)cc(c2c37)C1=O)c64)C(=O)N(c1c(C(C)C)cccc1C(C)C)C5=O. The average molecular weight is 1390 g/mol. The Balaban J connectivity index is 1.11. The second kappa shape index (κ2) is 26.6. The Morgan fingerprint density at radius 3 is 0.698 bits per heavy atom. The zero-order chi connectivity index (χ0) is 72.8. The molecule has 0 radical (unpaired) electrons. The van der Waals surface area contributed by atoms with Gasteiger partial charge in [-0.05, 0) is 119 Å². The topological polar surface area (TPSA) is 163 Å². The number of carbonyl (C=O) groups excluding carboxylic acids is 4. The standard InChI is InChI=1S/C92H70N6O8/c1-51(2)59-31-17-32-60(52(3)4)87(59)97-89(99)67-43-75(103-71-35-13-9-27-63(71)55-23-19-39-93-47-55)81-83-77(105-73-37-15-11-29-65(73)57-25-21-41-95-49-57)45-69-80-70(92(102)98(91(69)101)88-61(53(5)6)33-18-34-62(88)54(7)8)46-78(106-74-38-16-12-30-66(74)58-26-22-42-96-50-58)84(86(80)83)82-76(44-68(90(97)100)79(67)85(81)82)104-72-36-14-10-28-64(72)56-24-20-40-94-48-56/h9-54H,1-8H3. The van der Waals surface area contributed by atoms with Crippen LogP contribution in [0.15, 0.2) is 256 Å². The van der Waals surface area contributed by atoms with Crippen molar-refractivity contribution >= 4 is 78.1 Å². The molecule has 0 unspecified atom stereocenters. The van der Waals surface area contributed by atoms with Crippen molar-refractivity contribution in [3.63, 3.8) is 0 Å². The van der Waals surface area contributed by atoms with E-state index >= 15 is 19.2 Å². The van der Waals surface area contributed by atoms with Crippen LogP contribution in [0.3, 0.4) is 0 Å². The molecule has 14 heteroatoms. The van der Waals surface area contributed by atoms with Crippen LogP contribution in [0, 0.1) is 0 Å². The van der Waals surface area contributed by atoms with Crippen LogP contribution in [0.1, 0.15) is 143 Å². The minimum Gasteiger partial charge on any atom is -0.456 e. The lowest BCUT2D eigenvalue weighted by molar-refractivity contribution is 0.0877. The molecule has 2 aliphatic rings. The number of anilines is 2. The first kappa shape index (κ1) is 66.1. The Morgan fingerprint density at radius 2 is 0.481 bits per heavy atom. The molecule has 0 atom stereocenters. The van der Waals surface area contributed by atoms with Gasteiger partial charge in [0.2, 0.25) is 0 Å². The number of pyridine rings is 4. The van der Waals surface area contributed by atoms with E-state index in [1.165, 1.54) is 9.80 Å². The van der Waals surface area contributed by atoms with Gasteiger partial charge < -0.3 is 18.9 Å². The number of ether oxygens (including phenoxy) is 4. The van der Waals surface area contributed by atoms with Gasteiger partial charge in [-0.15, -0.1) is 0 Å². The summed E-state index contributed by atoms with van der Waals surface area (Å²) < 4.78 is 30.9. The summed E-state index contributed by atoms with van der Waals surface area (Å²) in [6, 6.07) is 64.5. The van der Waals surface area contributed by atoms with Gasteiger partial charge >= 0.3 is 0 Å². The molecule has 4 amide bonds. The maximum absolute atomic E-state index is 16.9. The van der Waals surface area contributed by atoms with Crippen molar-refractivity contribution in [3.05, 3.63) is 300 Å². The smallest absolute Gasteiger partial charge is 0.266 e. The molecule has 0 saturated heterocycles. The van der Waals surface area contributed by atoms with Crippen LogP contribution in [-0.2, 0) is 0 Å². The maximum Gasteiger partial charge on any atom is 0.266 e. The zero-order valence-corrected chi connectivity index (χ0v) is 59.5. The van der Waals surface area contributed by atoms with Gasteiger partial charge in [-0.3, -0.25) is 39.1 Å².